The van der Waals surface area contributed by atoms with E-state index in [0.29, 0.717) is 18.6 Å². The van der Waals surface area contributed by atoms with Gasteiger partial charge in [0.25, 0.3) is 0 Å². The molecule has 3 nitrogen and oxygen atoms in total. The molecule has 0 unspecified atom stereocenters. The summed E-state index contributed by atoms with van der Waals surface area (Å²) in [5.74, 6) is 1.35. The molecular formula is C18H18NaO3. The summed E-state index contributed by atoms with van der Waals surface area (Å²) in [6.07, 6.45) is 2.60. The molecule has 0 N–H and O–H groups in total. The summed E-state index contributed by atoms with van der Waals surface area (Å²) >= 11 is 0. The van der Waals surface area contributed by atoms with E-state index in [-0.39, 0.29) is 35.5 Å². The van der Waals surface area contributed by atoms with Crippen molar-refractivity contribution in [3.8, 4) is 11.5 Å². The molecule has 3 rings (SSSR count). The zero-order valence-corrected chi connectivity index (χ0v) is 15.1. The molecule has 0 fully saturated rings. The Kier molecular flexibility index (Phi) is 6.07. The molecule has 0 aliphatic carbocycles. The summed E-state index contributed by atoms with van der Waals surface area (Å²) in [7, 11) is 0. The Morgan fingerprint density at radius 1 is 1.14 bits per heavy atom. The topological polar surface area (TPSA) is 35.5 Å². The van der Waals surface area contributed by atoms with Crippen LogP contribution in [-0.4, -0.2) is 42.1 Å². The van der Waals surface area contributed by atoms with Crippen molar-refractivity contribution in [3.05, 3.63) is 59.2 Å². The predicted octanol–water partition coefficient (Wildman–Crippen LogP) is 3.96. The minimum absolute atomic E-state index is 0. The predicted molar refractivity (Wildman–Crippen MR) is 86.7 cm³/mol. The molecule has 1 radical (unpaired) electrons. The van der Waals surface area contributed by atoms with Crippen molar-refractivity contribution in [2.75, 3.05) is 6.61 Å². The number of carbonyl (C=O) groups is 1. The second-order valence-corrected chi connectivity index (χ2v) is 5.16. The Labute approximate surface area is 152 Å². The summed E-state index contributed by atoms with van der Waals surface area (Å²) in [5, 5.41) is 0. The average Bonchev–Trinajstić information content (AvgIpc) is 2.52. The molecule has 0 saturated carbocycles. The van der Waals surface area contributed by atoms with E-state index in [2.05, 4.69) is 6.92 Å². The van der Waals surface area contributed by atoms with Crippen LogP contribution in [0.15, 0.2) is 42.5 Å². The van der Waals surface area contributed by atoms with Crippen LogP contribution < -0.4 is 4.74 Å². The second kappa shape index (κ2) is 7.82. The molecule has 22 heavy (non-hydrogen) atoms. The number of benzene rings is 2. The molecule has 0 aromatic heterocycles. The van der Waals surface area contributed by atoms with Gasteiger partial charge in [-0.1, -0.05) is 37.6 Å². The van der Waals surface area contributed by atoms with E-state index in [1.54, 1.807) is 0 Å². The van der Waals surface area contributed by atoms with Crippen molar-refractivity contribution in [1.29, 1.82) is 0 Å². The van der Waals surface area contributed by atoms with Crippen LogP contribution in [0.25, 0.3) is 0 Å². The van der Waals surface area contributed by atoms with Gasteiger partial charge >= 0.3 is 5.97 Å². The molecule has 0 bridgehead atoms. The van der Waals surface area contributed by atoms with E-state index in [9.17, 15) is 4.79 Å². The minimum Gasteiger partial charge on any atom is -0.462 e. The molecule has 0 atom stereocenters. The maximum atomic E-state index is 12.2. The quantitative estimate of drug-likeness (QED) is 0.416. The first-order valence-electron chi connectivity index (χ1n) is 7.34. The number of hydrogen-bond acceptors (Lipinski definition) is 3. The van der Waals surface area contributed by atoms with Gasteiger partial charge in [0.1, 0.15) is 11.5 Å². The number of rotatable bonds is 4. The maximum Gasteiger partial charge on any atom is 0.338 e. The molecule has 2 aromatic carbocycles. The van der Waals surface area contributed by atoms with E-state index in [4.69, 9.17) is 9.47 Å². The first kappa shape index (κ1) is 17.1. The third-order valence-electron chi connectivity index (χ3n) is 3.64. The number of esters is 1. The van der Waals surface area contributed by atoms with Crippen LogP contribution in [0.1, 0.15) is 41.3 Å². The van der Waals surface area contributed by atoms with Crippen LogP contribution >= 0.6 is 0 Å². The smallest absolute Gasteiger partial charge is 0.338 e. The zero-order valence-electron chi connectivity index (χ0n) is 13.1. The summed E-state index contributed by atoms with van der Waals surface area (Å²) < 4.78 is 11.2. The molecule has 2 aromatic rings. The van der Waals surface area contributed by atoms with Gasteiger partial charge in [-0.3, -0.25) is 0 Å². The molecule has 4 heteroatoms. The Balaban J connectivity index is 0.00000176. The van der Waals surface area contributed by atoms with Crippen molar-refractivity contribution in [1.82, 2.24) is 0 Å². The SMILES string of the molecule is CCCCOC(=O)c1cccc2c1Cc1ccccc1O2.[Na]. The van der Waals surface area contributed by atoms with E-state index >= 15 is 0 Å². The monoisotopic (exact) mass is 305 g/mol. The Bertz CT molecular complexity index is 667. The third kappa shape index (κ3) is 3.54. The number of unbranched alkanes of at least 4 members (excludes halogenated alkanes) is 1. The molecule has 0 amide bonds. The van der Waals surface area contributed by atoms with Gasteiger partial charge in [-0.15, -0.1) is 0 Å². The molecule has 109 valence electrons. The number of carbonyl (C=O) groups excluding carboxylic acids is 1. The molecule has 1 aliphatic rings. The number of ether oxygens (including phenoxy) is 2. The Morgan fingerprint density at radius 3 is 2.73 bits per heavy atom. The fourth-order valence-electron chi connectivity index (χ4n) is 2.48. The van der Waals surface area contributed by atoms with Gasteiger partial charge in [-0.2, -0.15) is 0 Å². The Hall–Kier alpha value is -1.29. The van der Waals surface area contributed by atoms with E-state index in [1.807, 2.05) is 42.5 Å². The van der Waals surface area contributed by atoms with Crippen molar-refractivity contribution in [2.45, 2.75) is 26.2 Å². The van der Waals surface area contributed by atoms with Gasteiger partial charge in [0.05, 0.1) is 12.2 Å². The van der Waals surface area contributed by atoms with Gasteiger partial charge in [0, 0.05) is 41.5 Å². The van der Waals surface area contributed by atoms with Crippen molar-refractivity contribution in [3.63, 3.8) is 0 Å². The molecule has 1 heterocycles. The molecule has 0 spiro atoms. The summed E-state index contributed by atoms with van der Waals surface area (Å²) in [5.41, 5.74) is 2.62. The standard InChI is InChI=1S/C18H18O3.Na/c1-2-3-11-20-18(19)14-8-6-10-17-15(14)12-13-7-4-5-9-16(13)21-17;/h4-10H,2-3,11-12H2,1H3;. The van der Waals surface area contributed by atoms with Crippen LogP contribution in [0.3, 0.4) is 0 Å². The molecular weight excluding hydrogens is 287 g/mol. The number of hydrogen-bond donors (Lipinski definition) is 0. The first-order valence-corrected chi connectivity index (χ1v) is 7.34. The zero-order chi connectivity index (χ0) is 14.7. The minimum atomic E-state index is -0.261. The van der Waals surface area contributed by atoms with E-state index < -0.39 is 0 Å². The van der Waals surface area contributed by atoms with Crippen molar-refractivity contribution < 1.29 is 14.3 Å². The summed E-state index contributed by atoms with van der Waals surface area (Å²) in [6, 6.07) is 13.5. The van der Waals surface area contributed by atoms with E-state index in [0.717, 1.165) is 35.5 Å². The molecule has 0 saturated heterocycles. The first-order chi connectivity index (χ1) is 10.3. The van der Waals surface area contributed by atoms with Crippen LogP contribution in [0.4, 0.5) is 0 Å². The maximum absolute atomic E-state index is 12.2. The summed E-state index contributed by atoms with van der Waals surface area (Å²) in [6.45, 7) is 2.54. The van der Waals surface area contributed by atoms with Crippen LogP contribution in [-0.2, 0) is 11.2 Å². The van der Waals surface area contributed by atoms with Gasteiger partial charge < -0.3 is 9.47 Å². The van der Waals surface area contributed by atoms with Crippen molar-refractivity contribution >= 4 is 35.5 Å². The van der Waals surface area contributed by atoms with Gasteiger partial charge in [0.15, 0.2) is 0 Å². The number of fused-ring (bicyclic) bond motifs is 2. The fourth-order valence-corrected chi connectivity index (χ4v) is 2.48. The van der Waals surface area contributed by atoms with Crippen LogP contribution in [0, 0.1) is 0 Å². The normalized spacial score (nSPS) is 11.5. The largest absolute Gasteiger partial charge is 0.462 e. The Morgan fingerprint density at radius 2 is 1.91 bits per heavy atom. The van der Waals surface area contributed by atoms with Gasteiger partial charge in [0.2, 0.25) is 0 Å². The van der Waals surface area contributed by atoms with E-state index in [1.165, 1.54) is 0 Å². The third-order valence-corrected chi connectivity index (χ3v) is 3.64. The van der Waals surface area contributed by atoms with Crippen LogP contribution in [0.5, 0.6) is 11.5 Å². The second-order valence-electron chi connectivity index (χ2n) is 5.16. The number of para-hydroxylation sites is 1. The van der Waals surface area contributed by atoms with Gasteiger partial charge in [-0.05, 0) is 30.2 Å². The van der Waals surface area contributed by atoms with Gasteiger partial charge in [-0.25, -0.2) is 4.79 Å². The van der Waals surface area contributed by atoms with Crippen molar-refractivity contribution in [2.24, 2.45) is 0 Å². The molecule has 1 aliphatic heterocycles. The average molecular weight is 305 g/mol. The van der Waals surface area contributed by atoms with Crippen LogP contribution in [0.2, 0.25) is 0 Å². The fraction of sp³-hybridized carbons (Fsp3) is 0.278. The summed E-state index contributed by atoms with van der Waals surface area (Å²) in [4.78, 5) is 12.2.